The molecule has 4 aliphatic rings. The maximum Gasteiger partial charge on any atom is 0.187 e. The molecule has 0 aromatic carbocycles. The van der Waals surface area contributed by atoms with E-state index in [9.17, 15) is 17.6 Å². The SMILES string of the molecule is O[C@H]1[C@@H]2OC[C@@H](O2)[C@H](F)[C@@H]1F.O[C@H]1[C@@H]2OC[C@@H](O2)[C@H](F)[C@@H]1F. The van der Waals surface area contributed by atoms with Crippen LogP contribution < -0.4 is 0 Å². The smallest absolute Gasteiger partial charge is 0.187 e. The Morgan fingerprint density at radius 3 is 1.36 bits per heavy atom. The number of ether oxygens (including phenoxy) is 4. The third kappa shape index (κ3) is 2.72. The van der Waals surface area contributed by atoms with Crippen molar-refractivity contribution in [3.8, 4) is 0 Å². The maximum absolute atomic E-state index is 12.8. The number of hydrogen-bond donors (Lipinski definition) is 2. The fourth-order valence-electron chi connectivity index (χ4n) is 2.66. The van der Waals surface area contributed by atoms with Crippen LogP contribution >= 0.6 is 0 Å². The summed E-state index contributed by atoms with van der Waals surface area (Å²) in [5, 5.41) is 17.9. The fraction of sp³-hybridized carbons (Fsp3) is 1.00. The van der Waals surface area contributed by atoms with Crippen LogP contribution in [0.15, 0.2) is 0 Å². The molecule has 22 heavy (non-hydrogen) atoms. The Morgan fingerprint density at radius 1 is 0.636 bits per heavy atom. The molecule has 4 bridgehead atoms. The van der Waals surface area contributed by atoms with Crippen molar-refractivity contribution in [3.63, 3.8) is 0 Å². The van der Waals surface area contributed by atoms with Crippen LogP contribution in [-0.4, -0.2) is 85.1 Å². The van der Waals surface area contributed by atoms with Crippen molar-refractivity contribution in [2.45, 2.75) is 61.7 Å². The summed E-state index contributed by atoms with van der Waals surface area (Å²) in [4.78, 5) is 0. The Balaban J connectivity index is 0.000000131. The van der Waals surface area contributed by atoms with Crippen LogP contribution in [0.3, 0.4) is 0 Å². The molecule has 0 spiro atoms. The van der Waals surface area contributed by atoms with Gasteiger partial charge in [-0.2, -0.15) is 0 Å². The van der Waals surface area contributed by atoms with Gasteiger partial charge in [-0.25, -0.2) is 17.6 Å². The van der Waals surface area contributed by atoms with Crippen LogP contribution in [0.1, 0.15) is 0 Å². The first-order valence-electron chi connectivity index (χ1n) is 6.86. The minimum absolute atomic E-state index is 0.0311. The van der Waals surface area contributed by atoms with Crippen molar-refractivity contribution >= 4 is 0 Å². The zero-order valence-corrected chi connectivity index (χ0v) is 11.2. The molecule has 4 heterocycles. The van der Waals surface area contributed by atoms with E-state index >= 15 is 0 Å². The number of aliphatic hydroxyl groups excluding tert-OH is 2. The summed E-state index contributed by atoms with van der Waals surface area (Å²) in [7, 11) is 0. The summed E-state index contributed by atoms with van der Waals surface area (Å²) in [6, 6.07) is 0. The van der Waals surface area contributed by atoms with E-state index in [1.54, 1.807) is 0 Å². The third-order valence-corrected chi connectivity index (χ3v) is 4.00. The van der Waals surface area contributed by atoms with Crippen LogP contribution in [0, 0.1) is 0 Å². The number of aliphatic hydroxyl groups is 2. The summed E-state index contributed by atoms with van der Waals surface area (Å²) in [5.41, 5.74) is 0. The molecule has 0 saturated carbocycles. The van der Waals surface area contributed by atoms with E-state index in [-0.39, 0.29) is 13.2 Å². The molecule has 10 atom stereocenters. The standard InChI is InChI=1S/2C6H8F2O3/c2*7-3-2-1-10-6(11-2)5(9)4(3)8/h2*2-6,9H,1H2/t2*2-,3+,4+,5-,6-/m11/s1. The lowest BCUT2D eigenvalue weighted by atomic mass is 10.0. The number of fused-ring (bicyclic) bond motifs is 4. The molecule has 128 valence electrons. The van der Waals surface area contributed by atoms with Gasteiger partial charge >= 0.3 is 0 Å². The van der Waals surface area contributed by atoms with Crippen LogP contribution in [0.4, 0.5) is 17.6 Å². The Hall–Kier alpha value is -0.520. The molecule has 4 rings (SSSR count). The first-order chi connectivity index (χ1) is 10.4. The van der Waals surface area contributed by atoms with Crippen LogP contribution in [0.25, 0.3) is 0 Å². The second kappa shape index (κ2) is 6.17. The van der Waals surface area contributed by atoms with Crippen LogP contribution in [0.2, 0.25) is 0 Å². The zero-order chi connectivity index (χ0) is 16.0. The minimum atomic E-state index is -1.87. The first-order valence-corrected chi connectivity index (χ1v) is 6.86. The lowest BCUT2D eigenvalue weighted by Gasteiger charge is -2.29. The zero-order valence-electron chi connectivity index (χ0n) is 11.2. The highest BCUT2D eigenvalue weighted by molar-refractivity contribution is 4.94. The molecule has 0 aromatic rings. The number of alkyl halides is 4. The maximum atomic E-state index is 12.8. The van der Waals surface area contributed by atoms with Gasteiger partial charge in [0.25, 0.3) is 0 Å². The summed E-state index contributed by atoms with van der Waals surface area (Å²) in [6.45, 7) is 0.0621. The van der Waals surface area contributed by atoms with Gasteiger partial charge < -0.3 is 29.2 Å². The lowest BCUT2D eigenvalue weighted by Crippen LogP contribution is -2.49. The molecule has 0 amide bonds. The van der Waals surface area contributed by atoms with Gasteiger partial charge in [-0.15, -0.1) is 0 Å². The van der Waals surface area contributed by atoms with Gasteiger partial charge in [0.15, 0.2) is 37.3 Å². The fourth-order valence-corrected chi connectivity index (χ4v) is 2.66. The lowest BCUT2D eigenvalue weighted by molar-refractivity contribution is -0.199. The van der Waals surface area contributed by atoms with E-state index in [0.29, 0.717) is 0 Å². The first kappa shape index (κ1) is 16.3. The Kier molecular flexibility index (Phi) is 4.59. The molecule has 4 fully saturated rings. The summed E-state index contributed by atoms with van der Waals surface area (Å²) in [6.07, 6.45) is -13.8. The van der Waals surface area contributed by atoms with Crippen molar-refractivity contribution in [3.05, 3.63) is 0 Å². The molecule has 2 N–H and O–H groups in total. The largest absolute Gasteiger partial charge is 0.385 e. The molecular formula is C12H16F4O6. The van der Waals surface area contributed by atoms with Crippen molar-refractivity contribution < 1.29 is 46.7 Å². The summed E-state index contributed by atoms with van der Waals surface area (Å²) in [5.74, 6) is 0. The monoisotopic (exact) mass is 332 g/mol. The number of halogens is 4. The number of rotatable bonds is 0. The van der Waals surface area contributed by atoms with E-state index in [1.807, 2.05) is 0 Å². The third-order valence-electron chi connectivity index (χ3n) is 4.00. The Bertz CT molecular complexity index is 328. The van der Waals surface area contributed by atoms with Crippen LogP contribution in [-0.2, 0) is 18.9 Å². The number of hydrogen-bond acceptors (Lipinski definition) is 6. The van der Waals surface area contributed by atoms with Gasteiger partial charge in [0, 0.05) is 0 Å². The molecule has 0 aliphatic carbocycles. The van der Waals surface area contributed by atoms with Gasteiger partial charge in [0.2, 0.25) is 0 Å². The van der Waals surface area contributed by atoms with Crippen molar-refractivity contribution in [1.29, 1.82) is 0 Å². The minimum Gasteiger partial charge on any atom is -0.385 e. The van der Waals surface area contributed by atoms with Gasteiger partial charge in [-0.3, -0.25) is 0 Å². The Morgan fingerprint density at radius 2 is 1.00 bits per heavy atom. The second-order valence-corrected chi connectivity index (χ2v) is 5.51. The molecule has 0 aromatic heterocycles. The average molecular weight is 332 g/mol. The van der Waals surface area contributed by atoms with Crippen molar-refractivity contribution in [2.75, 3.05) is 13.2 Å². The molecular weight excluding hydrogens is 316 g/mol. The van der Waals surface area contributed by atoms with E-state index < -0.39 is 61.7 Å². The Labute approximate surface area is 122 Å². The normalized spacial score (nSPS) is 56.5. The molecule has 4 aliphatic heterocycles. The molecule has 4 saturated heterocycles. The van der Waals surface area contributed by atoms with Crippen LogP contribution in [0.5, 0.6) is 0 Å². The van der Waals surface area contributed by atoms with Gasteiger partial charge in [-0.1, -0.05) is 0 Å². The summed E-state index contributed by atoms with van der Waals surface area (Å²) < 4.78 is 70.2. The molecule has 0 unspecified atom stereocenters. The quantitative estimate of drug-likeness (QED) is 0.586. The van der Waals surface area contributed by atoms with Gasteiger partial charge in [0.05, 0.1) is 13.2 Å². The predicted molar refractivity (Wildman–Crippen MR) is 60.8 cm³/mol. The van der Waals surface area contributed by atoms with E-state index in [1.165, 1.54) is 0 Å². The topological polar surface area (TPSA) is 77.4 Å². The van der Waals surface area contributed by atoms with Crippen molar-refractivity contribution in [1.82, 2.24) is 0 Å². The predicted octanol–water partition coefficient (Wildman–Crippen LogP) is -0.443. The van der Waals surface area contributed by atoms with E-state index in [4.69, 9.17) is 29.2 Å². The summed E-state index contributed by atoms with van der Waals surface area (Å²) >= 11 is 0. The van der Waals surface area contributed by atoms with Gasteiger partial charge in [-0.05, 0) is 0 Å². The highest BCUT2D eigenvalue weighted by Crippen LogP contribution is 2.32. The molecule has 0 radical (unpaired) electrons. The van der Waals surface area contributed by atoms with Crippen molar-refractivity contribution in [2.24, 2.45) is 0 Å². The van der Waals surface area contributed by atoms with E-state index in [0.717, 1.165) is 0 Å². The average Bonchev–Trinajstić information content (AvgIpc) is 3.15. The highest BCUT2D eigenvalue weighted by atomic mass is 19.2. The highest BCUT2D eigenvalue weighted by Gasteiger charge is 2.51. The van der Waals surface area contributed by atoms with E-state index in [2.05, 4.69) is 0 Å². The molecule has 10 heteroatoms. The van der Waals surface area contributed by atoms with Gasteiger partial charge in [0.1, 0.15) is 24.4 Å². The molecule has 6 nitrogen and oxygen atoms in total. The second-order valence-electron chi connectivity index (χ2n) is 5.51.